The van der Waals surface area contributed by atoms with Gasteiger partial charge < -0.3 is 15.5 Å². The van der Waals surface area contributed by atoms with Crippen molar-refractivity contribution < 1.29 is 9.59 Å². The maximum Gasteiger partial charge on any atom is 0.240 e. The standard InChI is InChI=1S/C15H22N4O2/c1-2-19-10-9-17-13(15(19)21)11-14(20)18-8-6-12-5-3-4-7-16-12/h3-5,7,13,17H,2,6,8-11H2,1H3,(H,18,20). The molecule has 1 fully saturated rings. The van der Waals surface area contributed by atoms with Gasteiger partial charge in [-0.25, -0.2) is 0 Å². The number of hydrogen-bond donors (Lipinski definition) is 2. The van der Waals surface area contributed by atoms with Crippen LogP contribution >= 0.6 is 0 Å². The van der Waals surface area contributed by atoms with Crippen molar-refractivity contribution >= 4 is 11.8 Å². The van der Waals surface area contributed by atoms with E-state index in [1.165, 1.54) is 0 Å². The van der Waals surface area contributed by atoms with Gasteiger partial charge in [0.05, 0.1) is 12.5 Å². The van der Waals surface area contributed by atoms with E-state index in [1.54, 1.807) is 11.1 Å². The van der Waals surface area contributed by atoms with E-state index in [0.717, 1.165) is 12.2 Å². The van der Waals surface area contributed by atoms with Crippen molar-refractivity contribution in [1.82, 2.24) is 20.5 Å². The summed E-state index contributed by atoms with van der Waals surface area (Å²) in [5, 5.41) is 5.95. The SMILES string of the molecule is CCN1CCNC(CC(=O)NCCc2ccccn2)C1=O. The Labute approximate surface area is 124 Å². The second kappa shape index (κ2) is 7.73. The predicted molar refractivity (Wildman–Crippen MR) is 79.6 cm³/mol. The first-order valence-electron chi connectivity index (χ1n) is 7.39. The van der Waals surface area contributed by atoms with Crippen molar-refractivity contribution in [3.63, 3.8) is 0 Å². The molecular weight excluding hydrogens is 268 g/mol. The van der Waals surface area contributed by atoms with Gasteiger partial charge in [0.1, 0.15) is 0 Å². The van der Waals surface area contributed by atoms with Gasteiger partial charge in [-0.2, -0.15) is 0 Å². The van der Waals surface area contributed by atoms with Crippen LogP contribution in [0.15, 0.2) is 24.4 Å². The number of likely N-dealkylation sites (N-methyl/N-ethyl adjacent to an activating group) is 1. The fraction of sp³-hybridized carbons (Fsp3) is 0.533. The monoisotopic (exact) mass is 290 g/mol. The highest BCUT2D eigenvalue weighted by Gasteiger charge is 2.28. The Morgan fingerprint density at radius 3 is 3.10 bits per heavy atom. The smallest absolute Gasteiger partial charge is 0.240 e. The third kappa shape index (κ3) is 4.53. The molecule has 1 aromatic heterocycles. The minimum atomic E-state index is -0.395. The van der Waals surface area contributed by atoms with E-state index < -0.39 is 6.04 Å². The zero-order valence-electron chi connectivity index (χ0n) is 12.3. The van der Waals surface area contributed by atoms with Crippen molar-refractivity contribution in [2.45, 2.75) is 25.8 Å². The summed E-state index contributed by atoms with van der Waals surface area (Å²) in [6, 6.07) is 5.32. The van der Waals surface area contributed by atoms with Gasteiger partial charge in [-0.1, -0.05) is 6.07 Å². The minimum Gasteiger partial charge on any atom is -0.356 e. The summed E-state index contributed by atoms with van der Waals surface area (Å²) in [4.78, 5) is 29.9. The molecule has 0 bridgehead atoms. The Balaban J connectivity index is 1.73. The first-order valence-corrected chi connectivity index (χ1v) is 7.39. The quantitative estimate of drug-likeness (QED) is 0.770. The number of amides is 2. The Hall–Kier alpha value is -1.95. The molecule has 0 spiro atoms. The Morgan fingerprint density at radius 1 is 1.52 bits per heavy atom. The van der Waals surface area contributed by atoms with Crippen LogP contribution in [0, 0.1) is 0 Å². The van der Waals surface area contributed by atoms with E-state index in [9.17, 15) is 9.59 Å². The molecule has 1 aliphatic rings. The first-order chi connectivity index (χ1) is 10.2. The van der Waals surface area contributed by atoms with E-state index >= 15 is 0 Å². The summed E-state index contributed by atoms with van der Waals surface area (Å²) >= 11 is 0. The van der Waals surface area contributed by atoms with Gasteiger partial charge in [-0.15, -0.1) is 0 Å². The maximum atomic E-state index is 12.1. The van der Waals surface area contributed by atoms with E-state index in [0.29, 0.717) is 26.1 Å². The third-order valence-corrected chi connectivity index (χ3v) is 3.58. The van der Waals surface area contributed by atoms with Crippen LogP contribution in [0.25, 0.3) is 0 Å². The predicted octanol–water partition coefficient (Wildman–Crippen LogP) is -0.0493. The number of hydrogen-bond acceptors (Lipinski definition) is 4. The van der Waals surface area contributed by atoms with Crippen LogP contribution < -0.4 is 10.6 Å². The Kier molecular flexibility index (Phi) is 5.68. The average Bonchev–Trinajstić information content (AvgIpc) is 2.50. The van der Waals surface area contributed by atoms with Gasteiger partial charge in [0, 0.05) is 44.5 Å². The molecule has 1 saturated heterocycles. The molecule has 114 valence electrons. The van der Waals surface area contributed by atoms with Gasteiger partial charge >= 0.3 is 0 Å². The molecule has 0 radical (unpaired) electrons. The number of aromatic nitrogens is 1. The lowest BCUT2D eigenvalue weighted by Crippen LogP contribution is -2.56. The summed E-state index contributed by atoms with van der Waals surface area (Å²) in [7, 11) is 0. The Bertz CT molecular complexity index is 478. The van der Waals surface area contributed by atoms with Crippen LogP contribution in [0.5, 0.6) is 0 Å². The van der Waals surface area contributed by atoms with Gasteiger partial charge in [-0.05, 0) is 19.1 Å². The summed E-state index contributed by atoms with van der Waals surface area (Å²) < 4.78 is 0. The van der Waals surface area contributed by atoms with Crippen LogP contribution in [0.2, 0.25) is 0 Å². The van der Waals surface area contributed by atoms with Crippen molar-refractivity contribution in [3.8, 4) is 0 Å². The maximum absolute atomic E-state index is 12.1. The number of nitrogens with zero attached hydrogens (tertiary/aromatic N) is 2. The third-order valence-electron chi connectivity index (χ3n) is 3.58. The van der Waals surface area contributed by atoms with Crippen molar-refractivity contribution in [2.75, 3.05) is 26.2 Å². The highest BCUT2D eigenvalue weighted by molar-refractivity contribution is 5.88. The molecule has 2 rings (SSSR count). The normalized spacial score (nSPS) is 18.6. The molecule has 6 heteroatoms. The molecule has 21 heavy (non-hydrogen) atoms. The average molecular weight is 290 g/mol. The second-order valence-corrected chi connectivity index (χ2v) is 5.05. The van der Waals surface area contributed by atoms with E-state index in [-0.39, 0.29) is 18.2 Å². The Morgan fingerprint density at radius 2 is 2.38 bits per heavy atom. The van der Waals surface area contributed by atoms with E-state index in [2.05, 4.69) is 15.6 Å². The summed E-state index contributed by atoms with van der Waals surface area (Å²) in [5.41, 5.74) is 0.946. The zero-order chi connectivity index (χ0) is 15.1. The lowest BCUT2D eigenvalue weighted by molar-refractivity contribution is -0.138. The van der Waals surface area contributed by atoms with E-state index in [1.807, 2.05) is 25.1 Å². The topological polar surface area (TPSA) is 74.3 Å². The van der Waals surface area contributed by atoms with Gasteiger partial charge in [0.15, 0.2) is 0 Å². The zero-order valence-corrected chi connectivity index (χ0v) is 12.3. The van der Waals surface area contributed by atoms with Crippen molar-refractivity contribution in [1.29, 1.82) is 0 Å². The summed E-state index contributed by atoms with van der Waals surface area (Å²) in [6.45, 7) is 4.64. The van der Waals surface area contributed by atoms with Crippen molar-refractivity contribution in [2.24, 2.45) is 0 Å². The number of rotatable bonds is 6. The second-order valence-electron chi connectivity index (χ2n) is 5.05. The molecule has 1 unspecified atom stereocenters. The molecule has 1 aliphatic heterocycles. The molecule has 1 atom stereocenters. The highest BCUT2D eigenvalue weighted by Crippen LogP contribution is 2.04. The molecule has 0 aliphatic carbocycles. The number of nitrogens with one attached hydrogen (secondary N) is 2. The largest absolute Gasteiger partial charge is 0.356 e. The lowest BCUT2D eigenvalue weighted by Gasteiger charge is -2.32. The molecule has 1 aromatic rings. The van der Waals surface area contributed by atoms with Crippen LogP contribution in [0.3, 0.4) is 0 Å². The molecule has 0 aromatic carbocycles. The first kappa shape index (κ1) is 15.4. The van der Waals surface area contributed by atoms with E-state index in [4.69, 9.17) is 0 Å². The van der Waals surface area contributed by atoms with Gasteiger partial charge in [0.25, 0.3) is 0 Å². The molecule has 2 heterocycles. The molecule has 2 amide bonds. The number of piperazine rings is 1. The molecular formula is C15H22N4O2. The van der Waals surface area contributed by atoms with Crippen molar-refractivity contribution in [3.05, 3.63) is 30.1 Å². The van der Waals surface area contributed by atoms with Gasteiger partial charge in [-0.3, -0.25) is 14.6 Å². The number of carbonyl (C=O) groups excluding carboxylic acids is 2. The molecule has 6 nitrogen and oxygen atoms in total. The summed E-state index contributed by atoms with van der Waals surface area (Å²) in [5.74, 6) is -0.0849. The molecule has 0 saturated carbocycles. The fourth-order valence-corrected chi connectivity index (χ4v) is 2.40. The fourth-order valence-electron chi connectivity index (χ4n) is 2.40. The highest BCUT2D eigenvalue weighted by atomic mass is 16.2. The minimum absolute atomic E-state index is 0.0172. The number of carbonyl (C=O) groups is 2. The number of pyridine rings is 1. The van der Waals surface area contributed by atoms with Gasteiger partial charge in [0.2, 0.25) is 11.8 Å². The summed E-state index contributed by atoms with van der Waals surface area (Å²) in [6.07, 6.45) is 2.62. The van der Waals surface area contributed by atoms with Crippen LogP contribution in [-0.4, -0.2) is 53.9 Å². The van der Waals surface area contributed by atoms with Crippen LogP contribution in [0.4, 0.5) is 0 Å². The molecule has 2 N–H and O–H groups in total. The van der Waals surface area contributed by atoms with Crippen LogP contribution in [-0.2, 0) is 16.0 Å². The lowest BCUT2D eigenvalue weighted by atomic mass is 10.1. The van der Waals surface area contributed by atoms with Crippen LogP contribution in [0.1, 0.15) is 19.0 Å².